The van der Waals surface area contributed by atoms with Crippen molar-refractivity contribution >= 4 is 51.6 Å². The van der Waals surface area contributed by atoms with E-state index in [0.717, 1.165) is 11.1 Å². The number of anilines is 2. The van der Waals surface area contributed by atoms with Crippen molar-refractivity contribution in [3.05, 3.63) is 117 Å². The zero-order valence-corrected chi connectivity index (χ0v) is 23.1. The van der Waals surface area contributed by atoms with Gasteiger partial charge in [-0.1, -0.05) is 64.8 Å². The molecule has 0 bridgehead atoms. The Balaban J connectivity index is 1.37. The number of nitrogens with one attached hydrogen (secondary N) is 3. The van der Waals surface area contributed by atoms with Gasteiger partial charge in [0.2, 0.25) is 5.91 Å². The minimum atomic E-state index is -0.923. The quantitative estimate of drug-likeness (QED) is 0.219. The van der Waals surface area contributed by atoms with Gasteiger partial charge >= 0.3 is 0 Å². The van der Waals surface area contributed by atoms with Crippen LogP contribution in [0.3, 0.4) is 0 Å². The molecular formula is C29H23Cl2N7O3. The third-order valence-corrected chi connectivity index (χ3v) is 7.07. The Morgan fingerprint density at radius 3 is 2.66 bits per heavy atom. The van der Waals surface area contributed by atoms with Crippen LogP contribution in [0.25, 0.3) is 22.2 Å². The van der Waals surface area contributed by atoms with Crippen molar-refractivity contribution in [2.24, 2.45) is 0 Å². The van der Waals surface area contributed by atoms with E-state index in [1.54, 1.807) is 29.4 Å². The van der Waals surface area contributed by atoms with Crippen LogP contribution in [-0.4, -0.2) is 20.6 Å². The number of rotatable bonds is 7. The second-order valence-electron chi connectivity index (χ2n) is 9.49. The van der Waals surface area contributed by atoms with Crippen LogP contribution in [0.2, 0.25) is 5.02 Å². The first-order valence-electron chi connectivity index (χ1n) is 12.6. The van der Waals surface area contributed by atoms with Crippen molar-refractivity contribution in [3.8, 4) is 11.3 Å². The molecule has 1 aliphatic heterocycles. The average Bonchev–Trinajstić information content (AvgIpc) is 3.58. The highest BCUT2D eigenvalue weighted by molar-refractivity contribution is 6.31. The second kappa shape index (κ2) is 11.1. The number of fused-ring (bicyclic) bond motifs is 1. The van der Waals surface area contributed by atoms with Gasteiger partial charge in [0.25, 0.3) is 5.56 Å². The smallest absolute Gasteiger partial charge is 0.254 e. The Hall–Kier alpha value is -4.64. The monoisotopic (exact) mass is 587 g/mol. The van der Waals surface area contributed by atoms with E-state index in [1.807, 2.05) is 55.5 Å². The maximum Gasteiger partial charge on any atom is 0.254 e. The van der Waals surface area contributed by atoms with E-state index in [4.69, 9.17) is 27.7 Å². The predicted molar refractivity (Wildman–Crippen MR) is 158 cm³/mol. The molecule has 3 heterocycles. The number of hydrogen-bond donors (Lipinski definition) is 3. The zero-order chi connectivity index (χ0) is 28.5. The number of halogens is 2. The molecule has 0 spiro atoms. The van der Waals surface area contributed by atoms with E-state index in [-0.39, 0.29) is 12.2 Å². The van der Waals surface area contributed by atoms with Crippen LogP contribution in [0.4, 0.5) is 11.5 Å². The van der Waals surface area contributed by atoms with Gasteiger partial charge < -0.3 is 9.84 Å². The number of amides is 1. The number of nitrogens with zero attached hydrogens (tertiary/aromatic N) is 4. The number of hydrazine groups is 2. The van der Waals surface area contributed by atoms with Crippen molar-refractivity contribution in [1.82, 2.24) is 25.7 Å². The summed E-state index contributed by atoms with van der Waals surface area (Å²) in [6, 6.07) is 20.7. The Morgan fingerprint density at radius 2 is 1.90 bits per heavy atom. The SMILES string of the molecule is Cc1ccc2c(NC(=O)[C@H](Cc3ccccc3)n3cnc(-c4cc(Cl)ccc4N4C=C(Cl)NN4)cc3=O)noc2c1. The summed E-state index contributed by atoms with van der Waals surface area (Å²) in [6.07, 6.45) is 3.26. The molecule has 206 valence electrons. The second-order valence-corrected chi connectivity index (χ2v) is 10.3. The highest BCUT2D eigenvalue weighted by Crippen LogP contribution is 2.33. The number of benzene rings is 3. The first-order chi connectivity index (χ1) is 19.9. The van der Waals surface area contributed by atoms with E-state index in [1.165, 1.54) is 17.0 Å². The lowest BCUT2D eigenvalue weighted by molar-refractivity contribution is -0.119. The Bertz CT molecular complexity index is 1850. The van der Waals surface area contributed by atoms with E-state index in [0.29, 0.717) is 38.1 Å². The van der Waals surface area contributed by atoms with Crippen LogP contribution in [-0.2, 0) is 11.2 Å². The van der Waals surface area contributed by atoms with Gasteiger partial charge in [-0.2, -0.15) is 0 Å². The molecule has 0 saturated carbocycles. The predicted octanol–water partition coefficient (Wildman–Crippen LogP) is 5.30. The van der Waals surface area contributed by atoms with Crippen LogP contribution in [0, 0.1) is 6.92 Å². The van der Waals surface area contributed by atoms with Gasteiger partial charge in [0.1, 0.15) is 11.2 Å². The Kier molecular flexibility index (Phi) is 7.19. The zero-order valence-electron chi connectivity index (χ0n) is 21.6. The van der Waals surface area contributed by atoms with Crippen molar-refractivity contribution < 1.29 is 9.32 Å². The fourth-order valence-corrected chi connectivity index (χ4v) is 4.94. The lowest BCUT2D eigenvalue weighted by atomic mass is 10.0. The van der Waals surface area contributed by atoms with Crippen LogP contribution in [0.5, 0.6) is 0 Å². The van der Waals surface area contributed by atoms with Gasteiger partial charge in [0.15, 0.2) is 11.4 Å². The summed E-state index contributed by atoms with van der Waals surface area (Å²) in [6.45, 7) is 1.94. The van der Waals surface area contributed by atoms with Crippen molar-refractivity contribution in [2.45, 2.75) is 19.4 Å². The topological polar surface area (TPSA) is 117 Å². The fraction of sp³-hybridized carbons (Fsp3) is 0.103. The minimum Gasteiger partial charge on any atom is -0.354 e. The molecular weight excluding hydrogens is 565 g/mol. The lowest BCUT2D eigenvalue weighted by Crippen LogP contribution is -2.36. The number of carbonyl (C=O) groups is 1. The highest BCUT2D eigenvalue weighted by atomic mass is 35.5. The minimum absolute atomic E-state index is 0.248. The van der Waals surface area contributed by atoms with Gasteiger partial charge in [-0.05, 0) is 48.4 Å². The van der Waals surface area contributed by atoms with Gasteiger partial charge in [-0.15, -0.1) is 5.53 Å². The molecule has 12 heteroatoms. The normalized spacial score (nSPS) is 13.6. The van der Waals surface area contributed by atoms with Gasteiger partial charge in [-0.25, -0.2) is 4.98 Å². The third kappa shape index (κ3) is 5.53. The summed E-state index contributed by atoms with van der Waals surface area (Å²) in [5.74, 6) is -0.153. The fourth-order valence-electron chi connectivity index (χ4n) is 4.63. The lowest BCUT2D eigenvalue weighted by Gasteiger charge is -2.21. The molecule has 6 rings (SSSR count). The summed E-state index contributed by atoms with van der Waals surface area (Å²) >= 11 is 12.4. The van der Waals surface area contributed by atoms with Crippen LogP contribution in [0.15, 0.2) is 99.8 Å². The summed E-state index contributed by atoms with van der Waals surface area (Å²) in [7, 11) is 0. The summed E-state index contributed by atoms with van der Waals surface area (Å²) in [4.78, 5) is 31.8. The number of carbonyl (C=O) groups excluding carboxylic acids is 1. The first-order valence-corrected chi connectivity index (χ1v) is 13.4. The van der Waals surface area contributed by atoms with E-state index in [2.05, 4.69) is 26.4 Å². The summed E-state index contributed by atoms with van der Waals surface area (Å²) in [5.41, 5.74) is 9.34. The molecule has 1 atom stereocenters. The van der Waals surface area contributed by atoms with Gasteiger partial charge in [0, 0.05) is 23.1 Å². The standard InChI is InChI=1S/C29H23Cl2N7O3/c1-17-7-9-20-25(11-17)41-35-28(20)33-29(40)24(12-18-5-3-2-4-6-18)37-16-32-22(14-27(37)39)21-13-19(30)8-10-23(21)38-15-26(31)34-36-38/h2-11,13-16,24,34,36H,12H2,1H3,(H,33,35,40)/t24-/m0/s1. The molecule has 1 aliphatic rings. The number of hydrogen-bond acceptors (Lipinski definition) is 8. The number of aryl methyl sites for hydroxylation is 1. The maximum absolute atomic E-state index is 13.7. The Labute approximate surface area is 244 Å². The highest BCUT2D eigenvalue weighted by Gasteiger charge is 2.25. The largest absolute Gasteiger partial charge is 0.354 e. The van der Waals surface area contributed by atoms with Crippen molar-refractivity contribution in [1.29, 1.82) is 0 Å². The van der Waals surface area contributed by atoms with Gasteiger partial charge in [-0.3, -0.25) is 24.6 Å². The number of aromatic nitrogens is 3. The van der Waals surface area contributed by atoms with Crippen molar-refractivity contribution in [3.63, 3.8) is 0 Å². The molecule has 3 N–H and O–H groups in total. The van der Waals surface area contributed by atoms with Gasteiger partial charge in [0.05, 0.1) is 29.3 Å². The molecule has 0 radical (unpaired) electrons. The maximum atomic E-state index is 13.7. The molecule has 0 fully saturated rings. The first kappa shape index (κ1) is 26.6. The van der Waals surface area contributed by atoms with Crippen LogP contribution >= 0.6 is 23.2 Å². The summed E-state index contributed by atoms with van der Waals surface area (Å²) in [5, 5.41) is 10.1. The molecule has 5 aromatic rings. The molecule has 3 aromatic carbocycles. The molecule has 0 aliphatic carbocycles. The molecule has 2 aromatic heterocycles. The molecule has 1 amide bonds. The van der Waals surface area contributed by atoms with E-state index < -0.39 is 17.5 Å². The van der Waals surface area contributed by atoms with Crippen LogP contribution < -0.4 is 26.8 Å². The third-order valence-electron chi connectivity index (χ3n) is 6.65. The van der Waals surface area contributed by atoms with Crippen molar-refractivity contribution in [2.75, 3.05) is 10.3 Å². The summed E-state index contributed by atoms with van der Waals surface area (Å²) < 4.78 is 6.72. The molecule has 10 nitrogen and oxygen atoms in total. The molecule has 0 saturated heterocycles. The Morgan fingerprint density at radius 1 is 1.07 bits per heavy atom. The van der Waals surface area contributed by atoms with E-state index in [9.17, 15) is 9.59 Å². The molecule has 0 unspecified atom stereocenters. The molecule has 41 heavy (non-hydrogen) atoms. The van der Waals surface area contributed by atoms with E-state index >= 15 is 0 Å². The average molecular weight is 588 g/mol. The van der Waals surface area contributed by atoms with Crippen LogP contribution in [0.1, 0.15) is 17.2 Å².